The molecule has 0 fully saturated rings. The number of hydrogen-bond acceptors (Lipinski definition) is 3. The van der Waals surface area contributed by atoms with Crippen LogP contribution in [-0.2, 0) is 0 Å². The zero-order valence-corrected chi connectivity index (χ0v) is 11.7. The summed E-state index contributed by atoms with van der Waals surface area (Å²) in [6, 6.07) is 8.00. The Hall–Kier alpha value is -1.42. The minimum atomic E-state index is 0.749. The largest absolute Gasteiger partial charge is 0.373 e. The van der Waals surface area contributed by atoms with Crippen LogP contribution in [0.5, 0.6) is 0 Å². The van der Waals surface area contributed by atoms with E-state index in [0.717, 1.165) is 32.9 Å². The number of nitrogens with zero attached hydrogens (tertiary/aromatic N) is 2. The van der Waals surface area contributed by atoms with Gasteiger partial charge in [-0.15, -0.1) is 0 Å². The topological polar surface area (TPSA) is 37.8 Å². The van der Waals surface area contributed by atoms with Gasteiger partial charge in [0.25, 0.3) is 0 Å². The number of halogens is 1. The molecule has 0 radical (unpaired) electrons. The quantitative estimate of drug-likeness (QED) is 0.919. The summed E-state index contributed by atoms with van der Waals surface area (Å²) in [7, 11) is 1.87. The zero-order chi connectivity index (χ0) is 12.4. The lowest BCUT2D eigenvalue weighted by molar-refractivity contribution is 1.07. The summed E-state index contributed by atoms with van der Waals surface area (Å²) >= 11 is 3.46. The van der Waals surface area contributed by atoms with Crippen LogP contribution in [0.25, 0.3) is 11.4 Å². The zero-order valence-electron chi connectivity index (χ0n) is 10.1. The van der Waals surface area contributed by atoms with Gasteiger partial charge in [0.1, 0.15) is 5.82 Å². The van der Waals surface area contributed by atoms with E-state index in [1.54, 1.807) is 0 Å². The molecule has 0 unspecified atom stereocenters. The third kappa shape index (κ3) is 2.47. The van der Waals surface area contributed by atoms with Gasteiger partial charge in [-0.1, -0.05) is 28.1 Å². The molecular weight excluding hydrogens is 278 g/mol. The standard InChI is InChI=1S/C13H14BrN3/c1-8-9(2)16-13(17-12(8)15-3)10-5-4-6-11(14)7-10/h4-7H,1-3H3,(H,15,16,17). The molecule has 3 nitrogen and oxygen atoms in total. The van der Waals surface area contributed by atoms with E-state index in [0.29, 0.717) is 0 Å². The normalized spacial score (nSPS) is 10.4. The number of rotatable bonds is 2. The van der Waals surface area contributed by atoms with E-state index in [2.05, 4.69) is 31.2 Å². The molecule has 0 atom stereocenters. The molecule has 0 spiro atoms. The van der Waals surface area contributed by atoms with Gasteiger partial charge in [0, 0.05) is 28.3 Å². The monoisotopic (exact) mass is 291 g/mol. The van der Waals surface area contributed by atoms with Crippen molar-refractivity contribution in [3.63, 3.8) is 0 Å². The minimum absolute atomic E-state index is 0.749. The van der Waals surface area contributed by atoms with Crippen LogP contribution in [0.4, 0.5) is 5.82 Å². The molecule has 0 aliphatic rings. The van der Waals surface area contributed by atoms with Gasteiger partial charge in [-0.3, -0.25) is 0 Å². The highest BCUT2D eigenvalue weighted by atomic mass is 79.9. The van der Waals surface area contributed by atoms with Crippen LogP contribution in [0, 0.1) is 13.8 Å². The van der Waals surface area contributed by atoms with E-state index < -0.39 is 0 Å². The first kappa shape index (κ1) is 12.0. The highest BCUT2D eigenvalue weighted by Crippen LogP contribution is 2.23. The molecule has 1 N–H and O–H groups in total. The predicted molar refractivity (Wildman–Crippen MR) is 74.2 cm³/mol. The summed E-state index contributed by atoms with van der Waals surface area (Å²) in [5.74, 6) is 1.63. The van der Waals surface area contributed by atoms with Gasteiger partial charge in [-0.2, -0.15) is 0 Å². The molecule has 0 aliphatic carbocycles. The molecule has 1 heterocycles. The number of aromatic nitrogens is 2. The molecule has 0 amide bonds. The first-order chi connectivity index (χ1) is 8.11. The second-order valence-electron chi connectivity index (χ2n) is 3.87. The summed E-state index contributed by atoms with van der Waals surface area (Å²) < 4.78 is 1.03. The Morgan fingerprint density at radius 3 is 2.59 bits per heavy atom. The van der Waals surface area contributed by atoms with Gasteiger partial charge in [0.2, 0.25) is 0 Å². The van der Waals surface area contributed by atoms with Crippen molar-refractivity contribution >= 4 is 21.7 Å². The van der Waals surface area contributed by atoms with Crippen molar-refractivity contribution in [2.45, 2.75) is 13.8 Å². The third-order valence-electron chi connectivity index (χ3n) is 2.71. The number of benzene rings is 1. The maximum absolute atomic E-state index is 4.52. The molecule has 4 heteroatoms. The summed E-state index contributed by atoms with van der Waals surface area (Å²) in [6.45, 7) is 4.02. The Labute approximate surface area is 109 Å². The van der Waals surface area contributed by atoms with E-state index >= 15 is 0 Å². The molecule has 2 rings (SSSR count). The van der Waals surface area contributed by atoms with Crippen LogP contribution >= 0.6 is 15.9 Å². The van der Waals surface area contributed by atoms with Crippen LogP contribution in [0.15, 0.2) is 28.7 Å². The van der Waals surface area contributed by atoms with Crippen LogP contribution in [0.3, 0.4) is 0 Å². The maximum atomic E-state index is 4.52. The first-order valence-corrected chi connectivity index (χ1v) is 6.20. The van der Waals surface area contributed by atoms with Crippen molar-refractivity contribution in [2.24, 2.45) is 0 Å². The van der Waals surface area contributed by atoms with Gasteiger partial charge in [-0.25, -0.2) is 9.97 Å². The van der Waals surface area contributed by atoms with Crippen molar-refractivity contribution < 1.29 is 0 Å². The lowest BCUT2D eigenvalue weighted by Crippen LogP contribution is -2.02. The van der Waals surface area contributed by atoms with Gasteiger partial charge in [0.05, 0.1) is 0 Å². The molecule has 0 bridgehead atoms. The first-order valence-electron chi connectivity index (χ1n) is 5.40. The fourth-order valence-corrected chi connectivity index (χ4v) is 2.03. The average molecular weight is 292 g/mol. The molecule has 2 aromatic rings. The van der Waals surface area contributed by atoms with E-state index in [-0.39, 0.29) is 0 Å². The van der Waals surface area contributed by atoms with E-state index in [4.69, 9.17) is 0 Å². The molecule has 1 aromatic carbocycles. The lowest BCUT2D eigenvalue weighted by Gasteiger charge is -2.09. The summed E-state index contributed by atoms with van der Waals surface area (Å²) in [6.07, 6.45) is 0. The molecule has 0 aliphatic heterocycles. The van der Waals surface area contributed by atoms with Crippen molar-refractivity contribution in [2.75, 3.05) is 12.4 Å². The Morgan fingerprint density at radius 2 is 1.94 bits per heavy atom. The average Bonchev–Trinajstić information content (AvgIpc) is 2.32. The van der Waals surface area contributed by atoms with Crippen LogP contribution < -0.4 is 5.32 Å². The molecule has 17 heavy (non-hydrogen) atoms. The summed E-state index contributed by atoms with van der Waals surface area (Å²) in [5, 5.41) is 3.10. The molecule has 0 saturated carbocycles. The van der Waals surface area contributed by atoms with Crippen LogP contribution in [0.1, 0.15) is 11.3 Å². The SMILES string of the molecule is CNc1nc(-c2cccc(Br)c2)nc(C)c1C. The van der Waals surface area contributed by atoms with Crippen LogP contribution in [-0.4, -0.2) is 17.0 Å². The van der Waals surface area contributed by atoms with E-state index in [1.165, 1.54) is 0 Å². The van der Waals surface area contributed by atoms with Gasteiger partial charge >= 0.3 is 0 Å². The number of anilines is 1. The highest BCUT2D eigenvalue weighted by Gasteiger charge is 2.08. The fraction of sp³-hybridized carbons (Fsp3) is 0.231. The third-order valence-corrected chi connectivity index (χ3v) is 3.20. The number of aryl methyl sites for hydroxylation is 1. The lowest BCUT2D eigenvalue weighted by atomic mass is 10.2. The second kappa shape index (κ2) is 4.84. The predicted octanol–water partition coefficient (Wildman–Crippen LogP) is 3.56. The maximum Gasteiger partial charge on any atom is 0.161 e. The fourth-order valence-electron chi connectivity index (χ4n) is 1.63. The van der Waals surface area contributed by atoms with Gasteiger partial charge in [0.15, 0.2) is 5.82 Å². The number of hydrogen-bond donors (Lipinski definition) is 1. The van der Waals surface area contributed by atoms with Gasteiger partial charge in [-0.05, 0) is 26.0 Å². The van der Waals surface area contributed by atoms with Crippen molar-refractivity contribution in [3.05, 3.63) is 40.0 Å². The summed E-state index contributed by atoms with van der Waals surface area (Å²) in [4.78, 5) is 9.04. The van der Waals surface area contributed by atoms with Crippen LogP contribution in [0.2, 0.25) is 0 Å². The second-order valence-corrected chi connectivity index (χ2v) is 4.78. The Balaban J connectivity index is 2.56. The highest BCUT2D eigenvalue weighted by molar-refractivity contribution is 9.10. The Bertz CT molecular complexity index is 552. The van der Waals surface area contributed by atoms with Crippen molar-refractivity contribution in [1.82, 2.24) is 9.97 Å². The Morgan fingerprint density at radius 1 is 1.18 bits per heavy atom. The molecular formula is C13H14BrN3. The Kier molecular flexibility index (Phi) is 3.43. The van der Waals surface area contributed by atoms with E-state index in [9.17, 15) is 0 Å². The van der Waals surface area contributed by atoms with Gasteiger partial charge < -0.3 is 5.32 Å². The molecule has 88 valence electrons. The number of nitrogens with one attached hydrogen (secondary N) is 1. The molecule has 0 saturated heterocycles. The smallest absolute Gasteiger partial charge is 0.161 e. The minimum Gasteiger partial charge on any atom is -0.373 e. The molecule has 1 aromatic heterocycles. The van der Waals surface area contributed by atoms with Crippen molar-refractivity contribution in [1.29, 1.82) is 0 Å². The van der Waals surface area contributed by atoms with Crippen molar-refractivity contribution in [3.8, 4) is 11.4 Å². The summed E-state index contributed by atoms with van der Waals surface area (Å²) in [5.41, 5.74) is 3.10. The van der Waals surface area contributed by atoms with E-state index in [1.807, 2.05) is 45.2 Å².